The van der Waals surface area contributed by atoms with Crippen molar-refractivity contribution < 1.29 is 13.2 Å². The van der Waals surface area contributed by atoms with Gasteiger partial charge in [0, 0.05) is 43.5 Å². The van der Waals surface area contributed by atoms with Gasteiger partial charge >= 0.3 is 0 Å². The Morgan fingerprint density at radius 3 is 2.55 bits per heavy atom. The molecule has 1 aromatic heterocycles. The molecule has 1 N–H and O–H groups in total. The zero-order valence-electron chi connectivity index (χ0n) is 19.1. The van der Waals surface area contributed by atoms with Gasteiger partial charge < -0.3 is 10.2 Å². The molecular weight excluding hydrogens is 458 g/mol. The maximum absolute atomic E-state index is 13.2. The van der Waals surface area contributed by atoms with Gasteiger partial charge in [0.1, 0.15) is 15.9 Å². The fourth-order valence-corrected chi connectivity index (χ4v) is 6.52. The van der Waals surface area contributed by atoms with Crippen LogP contribution in [0.15, 0.2) is 41.3 Å². The van der Waals surface area contributed by atoms with Crippen LogP contribution in [-0.2, 0) is 14.8 Å². The Morgan fingerprint density at radius 2 is 1.88 bits per heavy atom. The van der Waals surface area contributed by atoms with E-state index in [9.17, 15) is 13.2 Å². The average Bonchev–Trinajstić information content (AvgIpc) is 3.30. The zero-order valence-corrected chi connectivity index (χ0v) is 20.7. The predicted molar refractivity (Wildman–Crippen MR) is 132 cm³/mol. The highest BCUT2D eigenvalue weighted by Crippen LogP contribution is 2.29. The molecule has 0 bridgehead atoms. The minimum absolute atomic E-state index is 0.0588. The number of aryl methyl sites for hydroxylation is 1. The summed E-state index contributed by atoms with van der Waals surface area (Å²) in [5.41, 5.74) is 3.94. The number of carbonyl (C=O) groups is 1. The Bertz CT molecular complexity index is 1250. The van der Waals surface area contributed by atoms with Crippen molar-refractivity contribution in [2.75, 3.05) is 36.4 Å². The number of fused-ring (bicyclic) bond motifs is 1. The van der Waals surface area contributed by atoms with Crippen molar-refractivity contribution in [3.8, 4) is 0 Å². The van der Waals surface area contributed by atoms with E-state index in [1.165, 1.54) is 4.31 Å². The molecule has 2 aromatic carbocycles. The maximum atomic E-state index is 13.2. The maximum Gasteiger partial charge on any atom is 0.245 e. The highest BCUT2D eigenvalue weighted by molar-refractivity contribution is 7.89. The van der Waals surface area contributed by atoms with Crippen molar-refractivity contribution in [2.24, 2.45) is 5.92 Å². The molecule has 1 aliphatic heterocycles. The molecule has 1 saturated heterocycles. The summed E-state index contributed by atoms with van der Waals surface area (Å²) in [6.45, 7) is 8.69. The summed E-state index contributed by atoms with van der Waals surface area (Å²) in [6.07, 6.45) is 0.958. The Hall–Kier alpha value is -2.56. The van der Waals surface area contributed by atoms with E-state index >= 15 is 0 Å². The van der Waals surface area contributed by atoms with Gasteiger partial charge in [0.2, 0.25) is 15.9 Å². The second-order valence-electron chi connectivity index (χ2n) is 8.23. The number of rotatable bonds is 7. The summed E-state index contributed by atoms with van der Waals surface area (Å²) in [6, 6.07) is 11.1. The van der Waals surface area contributed by atoms with Crippen LogP contribution >= 0.6 is 11.7 Å². The number of benzene rings is 2. The summed E-state index contributed by atoms with van der Waals surface area (Å²) in [4.78, 5) is 15.4. The normalized spacial score (nSPS) is 15.6. The fraction of sp³-hybridized carbons (Fsp3) is 0.435. The molecule has 0 unspecified atom stereocenters. The molecule has 4 rings (SSSR count). The number of nitrogens with zero attached hydrogens (tertiary/aromatic N) is 4. The van der Waals surface area contributed by atoms with Crippen LogP contribution in [0.1, 0.15) is 32.3 Å². The van der Waals surface area contributed by atoms with Crippen LogP contribution in [0.2, 0.25) is 0 Å². The number of sulfonamides is 1. The molecule has 10 heteroatoms. The summed E-state index contributed by atoms with van der Waals surface area (Å²) in [5, 5.41) is 3.05. The van der Waals surface area contributed by atoms with E-state index in [0.717, 1.165) is 41.8 Å². The van der Waals surface area contributed by atoms with Crippen LogP contribution < -0.4 is 10.2 Å². The Labute approximate surface area is 199 Å². The minimum Gasteiger partial charge on any atom is -0.372 e. The van der Waals surface area contributed by atoms with Crippen molar-refractivity contribution in [1.29, 1.82) is 0 Å². The first-order valence-corrected chi connectivity index (χ1v) is 13.4. The van der Waals surface area contributed by atoms with Gasteiger partial charge in [-0.1, -0.05) is 6.07 Å². The molecule has 8 nitrogen and oxygen atoms in total. The number of hydrogen-bond donors (Lipinski definition) is 1. The highest BCUT2D eigenvalue weighted by Gasteiger charge is 2.33. The van der Waals surface area contributed by atoms with Crippen LogP contribution in [0, 0.1) is 12.8 Å². The molecule has 3 aromatic rings. The molecular formula is C23H29N5O3S2. The van der Waals surface area contributed by atoms with Crippen LogP contribution in [0.4, 0.5) is 11.4 Å². The van der Waals surface area contributed by atoms with Gasteiger partial charge in [0.15, 0.2) is 0 Å². The SMILES string of the molecule is CCN(CC)c1ccc(NC(=O)C2CCN(S(=O)(=O)c3cccc4nsnc34)CC2)c(C)c1. The third kappa shape index (κ3) is 4.73. The lowest BCUT2D eigenvalue weighted by molar-refractivity contribution is -0.120. The minimum atomic E-state index is -3.69. The molecule has 1 aliphatic rings. The number of piperidine rings is 1. The summed E-state index contributed by atoms with van der Waals surface area (Å²) >= 11 is 1.00. The Kier molecular flexibility index (Phi) is 6.96. The van der Waals surface area contributed by atoms with E-state index in [4.69, 9.17) is 0 Å². The van der Waals surface area contributed by atoms with Crippen LogP contribution in [0.25, 0.3) is 11.0 Å². The van der Waals surface area contributed by atoms with E-state index < -0.39 is 10.0 Å². The molecule has 1 amide bonds. The van der Waals surface area contributed by atoms with E-state index in [-0.39, 0.29) is 16.7 Å². The lowest BCUT2D eigenvalue weighted by Crippen LogP contribution is -2.41. The molecule has 0 radical (unpaired) electrons. The Balaban J connectivity index is 1.41. The molecule has 176 valence electrons. The quantitative estimate of drug-likeness (QED) is 0.543. The summed E-state index contributed by atoms with van der Waals surface area (Å²) < 4.78 is 36.2. The van der Waals surface area contributed by atoms with E-state index in [0.29, 0.717) is 37.0 Å². The summed E-state index contributed by atoms with van der Waals surface area (Å²) in [5.74, 6) is -0.286. The number of amides is 1. The van der Waals surface area contributed by atoms with E-state index in [1.54, 1.807) is 18.2 Å². The standard InChI is InChI=1S/C23H29N5O3S2/c1-4-27(5-2)18-9-10-19(16(3)15-18)24-23(29)17-11-13-28(14-12-17)33(30,31)21-8-6-7-20-22(21)26-32-25-20/h6-10,15,17H,4-5,11-14H2,1-3H3,(H,24,29). The third-order valence-electron chi connectivity index (χ3n) is 6.29. The average molecular weight is 488 g/mol. The van der Waals surface area contributed by atoms with Gasteiger partial charge in [0.05, 0.1) is 11.7 Å². The predicted octanol–water partition coefficient (Wildman–Crippen LogP) is 3.89. The monoisotopic (exact) mass is 487 g/mol. The zero-order chi connectivity index (χ0) is 23.6. The number of carbonyl (C=O) groups excluding carboxylic acids is 1. The smallest absolute Gasteiger partial charge is 0.245 e. The number of nitrogens with one attached hydrogen (secondary N) is 1. The third-order valence-corrected chi connectivity index (χ3v) is 8.76. The van der Waals surface area contributed by atoms with Gasteiger partial charge in [-0.25, -0.2) is 8.42 Å². The van der Waals surface area contributed by atoms with Crippen molar-refractivity contribution in [3.63, 3.8) is 0 Å². The lowest BCUT2D eigenvalue weighted by atomic mass is 9.97. The largest absolute Gasteiger partial charge is 0.372 e. The molecule has 2 heterocycles. The van der Waals surface area contributed by atoms with E-state index in [1.807, 2.05) is 19.1 Å². The van der Waals surface area contributed by atoms with Gasteiger partial charge in [-0.2, -0.15) is 13.1 Å². The number of anilines is 2. The molecule has 0 saturated carbocycles. The van der Waals surface area contributed by atoms with Crippen LogP contribution in [-0.4, -0.2) is 53.6 Å². The lowest BCUT2D eigenvalue weighted by Gasteiger charge is -2.30. The molecule has 0 spiro atoms. The number of aromatic nitrogens is 2. The second kappa shape index (κ2) is 9.74. The van der Waals surface area contributed by atoms with Gasteiger partial charge in [-0.3, -0.25) is 4.79 Å². The Morgan fingerprint density at radius 1 is 1.15 bits per heavy atom. The van der Waals surface area contributed by atoms with Crippen molar-refractivity contribution >= 4 is 50.1 Å². The highest BCUT2D eigenvalue weighted by atomic mass is 32.2. The van der Waals surface area contributed by atoms with Gasteiger partial charge in [-0.05, 0) is 69.5 Å². The molecule has 0 atom stereocenters. The van der Waals surface area contributed by atoms with Crippen LogP contribution in [0.3, 0.4) is 0 Å². The molecule has 1 fully saturated rings. The summed E-state index contributed by atoms with van der Waals surface area (Å²) in [7, 11) is -3.69. The molecule has 33 heavy (non-hydrogen) atoms. The first-order chi connectivity index (χ1) is 15.8. The first kappa shape index (κ1) is 23.6. The van der Waals surface area contributed by atoms with Crippen LogP contribution in [0.5, 0.6) is 0 Å². The topological polar surface area (TPSA) is 95.5 Å². The van der Waals surface area contributed by atoms with E-state index in [2.05, 4.69) is 38.9 Å². The van der Waals surface area contributed by atoms with Gasteiger partial charge in [-0.15, -0.1) is 0 Å². The molecule has 0 aliphatic carbocycles. The first-order valence-electron chi connectivity index (χ1n) is 11.2. The van der Waals surface area contributed by atoms with Crippen molar-refractivity contribution in [2.45, 2.75) is 38.5 Å². The number of hydrogen-bond acceptors (Lipinski definition) is 7. The second-order valence-corrected chi connectivity index (χ2v) is 10.7. The van der Waals surface area contributed by atoms with Crippen molar-refractivity contribution in [1.82, 2.24) is 13.1 Å². The van der Waals surface area contributed by atoms with Crippen molar-refractivity contribution in [3.05, 3.63) is 42.0 Å². The fourth-order valence-electron chi connectivity index (χ4n) is 4.30. The van der Waals surface area contributed by atoms with Gasteiger partial charge in [0.25, 0.3) is 0 Å².